The summed E-state index contributed by atoms with van der Waals surface area (Å²) in [4.78, 5) is 52.4. The van der Waals surface area contributed by atoms with Crippen LogP contribution < -0.4 is 10.2 Å². The van der Waals surface area contributed by atoms with Crippen LogP contribution in [0.3, 0.4) is 0 Å². The van der Waals surface area contributed by atoms with Gasteiger partial charge in [0.2, 0.25) is 11.8 Å². The predicted molar refractivity (Wildman–Crippen MR) is 136 cm³/mol. The van der Waals surface area contributed by atoms with Gasteiger partial charge in [-0.05, 0) is 37.8 Å². The number of aromatic nitrogens is 2. The minimum Gasteiger partial charge on any atom is -0.353 e. The standard InChI is InChI=1S/C26H33N5O3S/c1-17-6-5-9-22(27-17)30-10-12-31(13-11-30)25(34)19-15-20-24(21(32)16-19)35-26(28-20)29-23(33)14-18-7-3-2-4-8-18/h5-6,9,18-19H,2-4,7-8,10-16H2,1H3,(H,28,29,33)/t19-/m1/s1. The van der Waals surface area contributed by atoms with Crippen molar-refractivity contribution in [2.24, 2.45) is 11.8 Å². The second-order valence-electron chi connectivity index (χ2n) is 10.0. The summed E-state index contributed by atoms with van der Waals surface area (Å²) in [5.41, 5.74) is 1.63. The van der Waals surface area contributed by atoms with E-state index in [1.165, 1.54) is 30.6 Å². The molecule has 0 radical (unpaired) electrons. The highest BCUT2D eigenvalue weighted by Gasteiger charge is 2.36. The van der Waals surface area contributed by atoms with Crippen molar-refractivity contribution in [2.75, 3.05) is 36.4 Å². The van der Waals surface area contributed by atoms with E-state index in [0.29, 0.717) is 47.6 Å². The van der Waals surface area contributed by atoms with Crippen LogP contribution in [0.15, 0.2) is 18.2 Å². The maximum absolute atomic E-state index is 13.3. The Hall–Kier alpha value is -2.81. The van der Waals surface area contributed by atoms with Crippen molar-refractivity contribution >= 4 is 39.9 Å². The molecule has 9 heteroatoms. The predicted octanol–water partition coefficient (Wildman–Crippen LogP) is 3.85. The maximum atomic E-state index is 13.3. The molecule has 1 saturated carbocycles. The lowest BCUT2D eigenvalue weighted by Gasteiger charge is -2.37. The fourth-order valence-electron chi connectivity index (χ4n) is 5.50. The van der Waals surface area contributed by atoms with Gasteiger partial charge in [0, 0.05) is 51.1 Å². The van der Waals surface area contributed by atoms with Gasteiger partial charge in [-0.15, -0.1) is 0 Å². The first-order chi connectivity index (χ1) is 17.0. The monoisotopic (exact) mass is 495 g/mol. The first-order valence-electron chi connectivity index (χ1n) is 12.8. The molecular formula is C26H33N5O3S. The molecule has 1 aliphatic heterocycles. The quantitative estimate of drug-likeness (QED) is 0.677. The fraction of sp³-hybridized carbons (Fsp3) is 0.577. The number of fused-ring (bicyclic) bond motifs is 1. The minimum atomic E-state index is -0.383. The van der Waals surface area contributed by atoms with Gasteiger partial charge in [0.1, 0.15) is 5.82 Å². The Kier molecular flexibility index (Phi) is 7.13. The molecule has 2 fully saturated rings. The summed E-state index contributed by atoms with van der Waals surface area (Å²) in [6.07, 6.45) is 7.07. The van der Waals surface area contributed by atoms with Crippen molar-refractivity contribution in [2.45, 2.75) is 58.3 Å². The van der Waals surface area contributed by atoms with Crippen molar-refractivity contribution < 1.29 is 14.4 Å². The number of thiazole rings is 1. The number of hydrogen-bond acceptors (Lipinski definition) is 7. The fourth-order valence-corrected chi connectivity index (χ4v) is 6.46. The van der Waals surface area contributed by atoms with E-state index in [0.717, 1.165) is 37.4 Å². The van der Waals surface area contributed by atoms with Gasteiger partial charge < -0.3 is 15.1 Å². The second kappa shape index (κ2) is 10.4. The third-order valence-electron chi connectivity index (χ3n) is 7.41. The lowest BCUT2D eigenvalue weighted by Crippen LogP contribution is -2.51. The van der Waals surface area contributed by atoms with E-state index in [4.69, 9.17) is 0 Å². The van der Waals surface area contributed by atoms with E-state index in [2.05, 4.69) is 20.2 Å². The Bertz CT molecular complexity index is 1100. The van der Waals surface area contributed by atoms with Crippen LogP contribution >= 0.6 is 11.3 Å². The summed E-state index contributed by atoms with van der Waals surface area (Å²) >= 11 is 1.25. The third-order valence-corrected chi connectivity index (χ3v) is 8.46. The van der Waals surface area contributed by atoms with Crippen molar-refractivity contribution in [3.8, 4) is 0 Å². The molecule has 1 saturated heterocycles. The number of pyridine rings is 1. The van der Waals surface area contributed by atoms with Crippen LogP contribution in [-0.2, 0) is 16.0 Å². The molecule has 0 unspecified atom stereocenters. The van der Waals surface area contributed by atoms with Gasteiger partial charge in [-0.3, -0.25) is 14.4 Å². The van der Waals surface area contributed by atoms with Gasteiger partial charge in [-0.1, -0.05) is 36.7 Å². The average Bonchev–Trinajstić information content (AvgIpc) is 3.27. The summed E-state index contributed by atoms with van der Waals surface area (Å²) in [6.45, 7) is 4.66. The molecule has 1 atom stereocenters. The number of aryl methyl sites for hydroxylation is 1. The number of Topliss-reactive ketones (excluding diaryl/α,β-unsaturated/α-hetero) is 1. The van der Waals surface area contributed by atoms with Crippen LogP contribution in [0.4, 0.5) is 10.9 Å². The van der Waals surface area contributed by atoms with Crippen LogP contribution in [0.5, 0.6) is 0 Å². The number of hydrogen-bond donors (Lipinski definition) is 1. The Morgan fingerprint density at radius 1 is 1.06 bits per heavy atom. The van der Waals surface area contributed by atoms with Crippen molar-refractivity contribution in [3.63, 3.8) is 0 Å². The van der Waals surface area contributed by atoms with Gasteiger partial charge in [-0.2, -0.15) is 0 Å². The summed E-state index contributed by atoms with van der Waals surface area (Å²) in [7, 11) is 0. The highest BCUT2D eigenvalue weighted by molar-refractivity contribution is 7.17. The number of carbonyl (C=O) groups is 3. The molecule has 0 spiro atoms. The molecule has 8 nitrogen and oxygen atoms in total. The van der Waals surface area contributed by atoms with Crippen LogP contribution in [0.1, 0.15) is 66.0 Å². The zero-order valence-corrected chi connectivity index (χ0v) is 21.1. The van der Waals surface area contributed by atoms with Crippen LogP contribution in [0, 0.1) is 18.8 Å². The van der Waals surface area contributed by atoms with Gasteiger partial charge >= 0.3 is 0 Å². The van der Waals surface area contributed by atoms with Gasteiger partial charge in [0.25, 0.3) is 0 Å². The number of ketones is 1. The molecule has 0 aromatic carbocycles. The summed E-state index contributed by atoms with van der Waals surface area (Å²) in [6, 6.07) is 5.98. The Morgan fingerprint density at radius 2 is 1.83 bits per heavy atom. The number of carbonyl (C=O) groups excluding carboxylic acids is 3. The molecule has 2 amide bonds. The zero-order chi connectivity index (χ0) is 24.4. The lowest BCUT2D eigenvalue weighted by molar-refractivity contribution is -0.136. The normalized spacial score (nSPS) is 21.1. The largest absolute Gasteiger partial charge is 0.353 e. The van der Waals surface area contributed by atoms with Crippen LogP contribution in [-0.4, -0.2) is 58.6 Å². The molecule has 0 bridgehead atoms. The number of rotatable bonds is 5. The first kappa shape index (κ1) is 23.9. The summed E-state index contributed by atoms with van der Waals surface area (Å²) < 4.78 is 0. The van der Waals surface area contributed by atoms with E-state index < -0.39 is 0 Å². The van der Waals surface area contributed by atoms with Crippen molar-refractivity contribution in [1.82, 2.24) is 14.9 Å². The van der Waals surface area contributed by atoms with E-state index in [9.17, 15) is 14.4 Å². The van der Waals surface area contributed by atoms with Crippen LogP contribution in [0.25, 0.3) is 0 Å². The first-order valence-corrected chi connectivity index (χ1v) is 13.6. The summed E-state index contributed by atoms with van der Waals surface area (Å²) in [5.74, 6) is 0.962. The third kappa shape index (κ3) is 5.55. The van der Waals surface area contributed by atoms with Crippen molar-refractivity contribution in [3.05, 3.63) is 34.5 Å². The van der Waals surface area contributed by atoms with Crippen molar-refractivity contribution in [1.29, 1.82) is 0 Å². The topological polar surface area (TPSA) is 95.5 Å². The zero-order valence-electron chi connectivity index (χ0n) is 20.3. The average molecular weight is 496 g/mol. The minimum absolute atomic E-state index is 0.0240. The Balaban J connectivity index is 1.17. The molecule has 5 rings (SSSR count). The molecular weight excluding hydrogens is 462 g/mol. The van der Waals surface area contributed by atoms with E-state index in [-0.39, 0.29) is 29.9 Å². The molecule has 35 heavy (non-hydrogen) atoms. The number of amides is 2. The Labute approximate surface area is 210 Å². The molecule has 2 aromatic rings. The molecule has 2 aromatic heterocycles. The molecule has 3 heterocycles. The van der Waals surface area contributed by atoms with Crippen LogP contribution in [0.2, 0.25) is 0 Å². The smallest absolute Gasteiger partial charge is 0.226 e. The van der Waals surface area contributed by atoms with E-state index >= 15 is 0 Å². The molecule has 3 aliphatic rings. The van der Waals surface area contributed by atoms with E-state index in [1.807, 2.05) is 30.0 Å². The lowest BCUT2D eigenvalue weighted by atomic mass is 9.87. The molecule has 1 N–H and O–H groups in total. The number of nitrogens with zero attached hydrogens (tertiary/aromatic N) is 4. The van der Waals surface area contributed by atoms with E-state index in [1.54, 1.807) is 0 Å². The van der Waals surface area contributed by atoms with Gasteiger partial charge in [0.05, 0.1) is 16.5 Å². The second-order valence-corrected chi connectivity index (χ2v) is 11.0. The highest BCUT2D eigenvalue weighted by Crippen LogP contribution is 2.34. The van der Waals surface area contributed by atoms with Gasteiger partial charge in [0.15, 0.2) is 10.9 Å². The maximum Gasteiger partial charge on any atom is 0.226 e. The SMILES string of the molecule is Cc1cccc(N2CCN(C(=O)[C@H]3CC(=O)c4sc(NC(=O)CC5CCCCC5)nc4C3)CC2)n1. The summed E-state index contributed by atoms with van der Waals surface area (Å²) in [5, 5.41) is 3.39. The highest BCUT2D eigenvalue weighted by atomic mass is 32.1. The molecule has 186 valence electrons. The number of piperazine rings is 1. The number of anilines is 2. The number of nitrogens with one attached hydrogen (secondary N) is 1. The van der Waals surface area contributed by atoms with Gasteiger partial charge in [-0.25, -0.2) is 9.97 Å². The Morgan fingerprint density at radius 3 is 2.57 bits per heavy atom. The molecule has 2 aliphatic carbocycles.